The van der Waals surface area contributed by atoms with Gasteiger partial charge in [-0.3, -0.25) is 9.59 Å². The van der Waals surface area contributed by atoms with Crippen LogP contribution >= 0.6 is 0 Å². The molecule has 0 amide bonds. The maximum atomic E-state index is 11.7. The molecule has 33 heavy (non-hydrogen) atoms. The van der Waals surface area contributed by atoms with Crippen LogP contribution in [-0.2, 0) is 19.1 Å². The Hall–Kier alpha value is -2.08. The average Bonchev–Trinajstić information content (AvgIpc) is 2.82. The summed E-state index contributed by atoms with van der Waals surface area (Å²) in [5.41, 5.74) is 0. The standard InChI is InChI=1S/C25H48O4.C2N2/c1-3-5-7-9-14-18-22-28-24(26)20-16-12-11-13-17-21-25(27)29-23-19-15-10-8-6-4-2;3-1-2-4/h3-23H2,1-2H3;. The molecule has 0 aromatic rings. The van der Waals surface area contributed by atoms with Crippen molar-refractivity contribution in [3.8, 4) is 12.1 Å². The molecule has 0 bridgehead atoms. The second-order valence-electron chi connectivity index (χ2n) is 8.47. The first-order valence-corrected chi connectivity index (χ1v) is 13.2. The number of carbonyl (C=O) groups excluding carboxylic acids is 2. The van der Waals surface area contributed by atoms with Gasteiger partial charge in [0.2, 0.25) is 0 Å². The fourth-order valence-electron chi connectivity index (χ4n) is 3.35. The van der Waals surface area contributed by atoms with Crippen LogP contribution < -0.4 is 0 Å². The van der Waals surface area contributed by atoms with Crippen LogP contribution in [0.4, 0.5) is 0 Å². The number of rotatable bonds is 22. The van der Waals surface area contributed by atoms with E-state index in [1.807, 2.05) is 0 Å². The molecule has 0 rings (SSSR count). The van der Waals surface area contributed by atoms with Gasteiger partial charge < -0.3 is 9.47 Å². The molecule has 0 saturated carbocycles. The maximum Gasteiger partial charge on any atom is 0.305 e. The third kappa shape index (κ3) is 32.2. The van der Waals surface area contributed by atoms with E-state index in [4.69, 9.17) is 20.0 Å². The molecule has 0 aromatic carbocycles. The Bertz CT molecular complexity index is 477. The molecule has 0 radical (unpaired) electrons. The summed E-state index contributed by atoms with van der Waals surface area (Å²) >= 11 is 0. The third-order valence-electron chi connectivity index (χ3n) is 5.33. The molecule has 0 fully saturated rings. The van der Waals surface area contributed by atoms with Crippen LogP contribution in [0.3, 0.4) is 0 Å². The van der Waals surface area contributed by atoms with E-state index < -0.39 is 0 Å². The molecular weight excluding hydrogens is 416 g/mol. The van der Waals surface area contributed by atoms with Crippen LogP contribution in [0.2, 0.25) is 0 Å². The minimum atomic E-state index is -0.0585. The van der Waals surface area contributed by atoms with Crippen LogP contribution in [-0.4, -0.2) is 25.2 Å². The molecule has 0 aromatic heterocycles. The van der Waals surface area contributed by atoms with Gasteiger partial charge in [-0.1, -0.05) is 97.3 Å². The van der Waals surface area contributed by atoms with Crippen molar-refractivity contribution in [2.24, 2.45) is 0 Å². The number of esters is 2. The predicted molar refractivity (Wildman–Crippen MR) is 132 cm³/mol. The highest BCUT2D eigenvalue weighted by Crippen LogP contribution is 2.10. The Morgan fingerprint density at radius 3 is 1.15 bits per heavy atom. The number of nitrogens with zero attached hydrogens (tertiary/aromatic N) is 2. The SMILES string of the molecule is CCCCCCCCOC(=O)CCCCCCCC(=O)OCCCCCCCC.N#CC#N. The number of hydrogen-bond acceptors (Lipinski definition) is 6. The summed E-state index contributed by atoms with van der Waals surface area (Å²) in [7, 11) is 0. The smallest absolute Gasteiger partial charge is 0.305 e. The number of ether oxygens (including phenoxy) is 2. The van der Waals surface area contributed by atoms with E-state index in [1.54, 1.807) is 0 Å². The van der Waals surface area contributed by atoms with Gasteiger partial charge in [-0.25, -0.2) is 0 Å². The van der Waals surface area contributed by atoms with Crippen molar-refractivity contribution in [2.45, 2.75) is 136 Å². The summed E-state index contributed by atoms with van der Waals surface area (Å²) in [4.78, 5) is 23.3. The highest BCUT2D eigenvalue weighted by Gasteiger charge is 2.04. The van der Waals surface area contributed by atoms with Crippen molar-refractivity contribution in [3.63, 3.8) is 0 Å². The van der Waals surface area contributed by atoms with E-state index in [0.29, 0.717) is 26.1 Å². The molecule has 6 heteroatoms. The molecule has 0 heterocycles. The Kier molecular flexibility index (Phi) is 30.0. The minimum absolute atomic E-state index is 0.0585. The second kappa shape index (κ2) is 29.9. The molecule has 0 N–H and O–H groups in total. The monoisotopic (exact) mass is 464 g/mol. The van der Waals surface area contributed by atoms with Gasteiger partial charge in [0.1, 0.15) is 0 Å². The Morgan fingerprint density at radius 1 is 0.515 bits per heavy atom. The van der Waals surface area contributed by atoms with Crippen LogP contribution in [0, 0.1) is 22.7 Å². The van der Waals surface area contributed by atoms with Gasteiger partial charge in [0.05, 0.1) is 13.2 Å². The molecule has 0 aliphatic rings. The van der Waals surface area contributed by atoms with E-state index in [-0.39, 0.29) is 11.9 Å². The summed E-state index contributed by atoms with van der Waals surface area (Å²) in [5.74, 6) is -0.117. The number of nitriles is 2. The Labute approximate surface area is 203 Å². The molecule has 0 aliphatic carbocycles. The third-order valence-corrected chi connectivity index (χ3v) is 5.33. The van der Waals surface area contributed by atoms with Gasteiger partial charge in [0, 0.05) is 12.8 Å². The number of hydrogen-bond donors (Lipinski definition) is 0. The molecule has 0 aliphatic heterocycles. The minimum Gasteiger partial charge on any atom is -0.466 e. The van der Waals surface area contributed by atoms with Crippen LogP contribution in [0.25, 0.3) is 0 Å². The lowest BCUT2D eigenvalue weighted by Crippen LogP contribution is -2.06. The van der Waals surface area contributed by atoms with E-state index in [0.717, 1.165) is 57.8 Å². The number of unbranched alkanes of at least 4 members (excludes halogenated alkanes) is 14. The summed E-state index contributed by atoms with van der Waals surface area (Å²) in [6.07, 6.45) is 20.5. The zero-order valence-electron chi connectivity index (χ0n) is 21.4. The quantitative estimate of drug-likeness (QED) is 0.121. The normalized spacial score (nSPS) is 9.82. The largest absolute Gasteiger partial charge is 0.466 e. The summed E-state index contributed by atoms with van der Waals surface area (Å²) in [6, 6.07) is 2.47. The maximum absolute atomic E-state index is 11.7. The first-order chi connectivity index (χ1) is 16.1. The van der Waals surface area contributed by atoms with Gasteiger partial charge in [-0.05, 0) is 25.7 Å². The summed E-state index contributed by atoms with van der Waals surface area (Å²) in [6.45, 7) is 5.58. The van der Waals surface area contributed by atoms with Gasteiger partial charge >= 0.3 is 11.9 Å². The van der Waals surface area contributed by atoms with Crippen LogP contribution in [0.15, 0.2) is 0 Å². The van der Waals surface area contributed by atoms with Gasteiger partial charge in [0.25, 0.3) is 0 Å². The molecular formula is C27H48N2O4. The first kappa shape index (κ1) is 33.1. The Balaban J connectivity index is 0. The molecule has 190 valence electrons. The fraction of sp³-hybridized carbons (Fsp3) is 0.852. The van der Waals surface area contributed by atoms with Crippen molar-refractivity contribution in [3.05, 3.63) is 0 Å². The lowest BCUT2D eigenvalue weighted by molar-refractivity contribution is -0.144. The van der Waals surface area contributed by atoms with Crippen molar-refractivity contribution in [1.29, 1.82) is 10.5 Å². The molecule has 0 atom stereocenters. The van der Waals surface area contributed by atoms with Crippen LogP contribution in [0.1, 0.15) is 136 Å². The molecule has 0 unspecified atom stereocenters. The lowest BCUT2D eigenvalue weighted by atomic mass is 10.1. The summed E-state index contributed by atoms with van der Waals surface area (Å²) in [5, 5.41) is 14.5. The zero-order valence-corrected chi connectivity index (χ0v) is 21.4. The van der Waals surface area contributed by atoms with Crippen molar-refractivity contribution < 1.29 is 19.1 Å². The van der Waals surface area contributed by atoms with E-state index in [1.165, 1.54) is 63.5 Å². The van der Waals surface area contributed by atoms with E-state index in [9.17, 15) is 9.59 Å². The zero-order chi connectivity index (χ0) is 24.8. The van der Waals surface area contributed by atoms with E-state index in [2.05, 4.69) is 13.8 Å². The Morgan fingerprint density at radius 2 is 0.818 bits per heavy atom. The fourth-order valence-corrected chi connectivity index (χ4v) is 3.35. The summed E-state index contributed by atoms with van der Waals surface area (Å²) < 4.78 is 10.6. The van der Waals surface area contributed by atoms with Gasteiger partial charge in [0.15, 0.2) is 12.1 Å². The molecule has 0 saturated heterocycles. The highest BCUT2D eigenvalue weighted by molar-refractivity contribution is 5.69. The van der Waals surface area contributed by atoms with Crippen molar-refractivity contribution in [1.82, 2.24) is 0 Å². The molecule has 0 spiro atoms. The van der Waals surface area contributed by atoms with Crippen molar-refractivity contribution in [2.75, 3.05) is 13.2 Å². The van der Waals surface area contributed by atoms with Crippen molar-refractivity contribution >= 4 is 11.9 Å². The first-order valence-electron chi connectivity index (χ1n) is 13.2. The predicted octanol–water partition coefficient (Wildman–Crippen LogP) is 7.56. The molecule has 6 nitrogen and oxygen atoms in total. The van der Waals surface area contributed by atoms with Gasteiger partial charge in [-0.2, -0.15) is 10.5 Å². The average molecular weight is 465 g/mol. The lowest BCUT2D eigenvalue weighted by Gasteiger charge is -2.06. The van der Waals surface area contributed by atoms with E-state index >= 15 is 0 Å². The highest BCUT2D eigenvalue weighted by atomic mass is 16.5. The topological polar surface area (TPSA) is 100 Å². The second-order valence-corrected chi connectivity index (χ2v) is 8.47. The van der Waals surface area contributed by atoms with Gasteiger partial charge in [-0.15, -0.1) is 0 Å². The van der Waals surface area contributed by atoms with Crippen LogP contribution in [0.5, 0.6) is 0 Å². The number of carbonyl (C=O) groups is 2.